The van der Waals surface area contributed by atoms with E-state index in [4.69, 9.17) is 4.42 Å². The first-order valence-electron chi connectivity index (χ1n) is 9.69. The summed E-state index contributed by atoms with van der Waals surface area (Å²) < 4.78 is 5.79. The molecule has 0 saturated heterocycles. The Hall–Kier alpha value is -3.48. The van der Waals surface area contributed by atoms with Crippen LogP contribution < -0.4 is 15.6 Å². The fourth-order valence-electron chi connectivity index (χ4n) is 4.05. The van der Waals surface area contributed by atoms with Crippen LogP contribution in [0.4, 0.5) is 6.01 Å². The molecule has 1 atom stereocenters. The molecule has 7 heteroatoms. The van der Waals surface area contributed by atoms with E-state index in [0.717, 1.165) is 28.9 Å². The Morgan fingerprint density at radius 2 is 2.00 bits per heavy atom. The number of hydrogen-bond donors (Lipinski definition) is 3. The third kappa shape index (κ3) is 3.29. The van der Waals surface area contributed by atoms with Crippen LogP contribution in [0.2, 0.25) is 0 Å². The van der Waals surface area contributed by atoms with E-state index in [0.29, 0.717) is 24.0 Å². The van der Waals surface area contributed by atoms with E-state index in [1.807, 2.05) is 42.5 Å². The summed E-state index contributed by atoms with van der Waals surface area (Å²) in [5.74, 6) is 0.768. The average Bonchev–Trinajstić information content (AvgIpc) is 3.09. The minimum atomic E-state index is -0.331. The van der Waals surface area contributed by atoms with Crippen LogP contribution in [0.1, 0.15) is 38.4 Å². The Bertz CT molecular complexity index is 1130. The molecular formula is C22H22N5O2+. The maximum absolute atomic E-state index is 13.0. The van der Waals surface area contributed by atoms with Gasteiger partial charge in [0.05, 0.1) is 17.0 Å². The number of pyridine rings is 1. The van der Waals surface area contributed by atoms with Crippen molar-refractivity contribution >= 4 is 28.9 Å². The van der Waals surface area contributed by atoms with Crippen molar-refractivity contribution in [1.29, 1.82) is 0 Å². The Morgan fingerprint density at radius 1 is 1.17 bits per heavy atom. The van der Waals surface area contributed by atoms with Gasteiger partial charge in [-0.05, 0) is 29.7 Å². The van der Waals surface area contributed by atoms with E-state index in [1.165, 1.54) is 0 Å². The van der Waals surface area contributed by atoms with Crippen molar-refractivity contribution in [2.75, 3.05) is 5.32 Å². The second-order valence-corrected chi connectivity index (χ2v) is 8.28. The highest BCUT2D eigenvalue weighted by Crippen LogP contribution is 2.39. The van der Waals surface area contributed by atoms with Gasteiger partial charge >= 0.3 is 12.0 Å². The first kappa shape index (κ1) is 17.6. The SMILES string of the molecule is CC1(C)CC(=O)C2=C(C1)NC(Nc1nc3ccccc3o1)=[NH+][C@@H]2c1ccccn1. The number of fused-ring (bicyclic) bond motifs is 1. The molecule has 2 aromatic heterocycles. The lowest BCUT2D eigenvalue weighted by Gasteiger charge is -2.34. The van der Waals surface area contributed by atoms with E-state index < -0.39 is 0 Å². The van der Waals surface area contributed by atoms with Crippen molar-refractivity contribution in [2.45, 2.75) is 32.7 Å². The molecule has 2 aliphatic rings. The lowest BCUT2D eigenvalue weighted by atomic mass is 9.73. The molecule has 1 aromatic carbocycles. The molecule has 3 heterocycles. The highest BCUT2D eigenvalue weighted by Gasteiger charge is 2.42. The number of Topliss-reactive ketones (excluding diaryl/α,β-unsaturated/α-hetero) is 1. The summed E-state index contributed by atoms with van der Waals surface area (Å²) in [5.41, 5.74) is 3.86. The highest BCUT2D eigenvalue weighted by molar-refractivity contribution is 6.01. The van der Waals surface area contributed by atoms with E-state index in [1.54, 1.807) is 6.20 Å². The molecule has 0 fully saturated rings. The summed E-state index contributed by atoms with van der Waals surface area (Å²) >= 11 is 0. The summed E-state index contributed by atoms with van der Waals surface area (Å²) in [4.78, 5) is 25.3. The van der Waals surface area contributed by atoms with Crippen molar-refractivity contribution in [2.24, 2.45) is 5.41 Å². The second kappa shape index (κ2) is 6.55. The number of nitrogens with zero attached hydrogens (tertiary/aromatic N) is 2. The molecule has 1 aliphatic heterocycles. The van der Waals surface area contributed by atoms with Gasteiger partial charge in [-0.15, -0.1) is 0 Å². The average molecular weight is 388 g/mol. The normalized spacial score (nSPS) is 20.8. The Balaban J connectivity index is 1.54. The van der Waals surface area contributed by atoms with Gasteiger partial charge in [0.1, 0.15) is 11.6 Å². The fourth-order valence-corrected chi connectivity index (χ4v) is 4.05. The molecule has 3 N–H and O–H groups in total. The van der Waals surface area contributed by atoms with Crippen molar-refractivity contribution in [3.05, 3.63) is 65.6 Å². The molecule has 1 aliphatic carbocycles. The molecule has 29 heavy (non-hydrogen) atoms. The minimum absolute atomic E-state index is 0.0996. The monoisotopic (exact) mass is 388 g/mol. The van der Waals surface area contributed by atoms with E-state index in [9.17, 15) is 4.79 Å². The fraction of sp³-hybridized carbons (Fsp3) is 0.273. The summed E-state index contributed by atoms with van der Waals surface area (Å²) in [6, 6.07) is 13.4. The zero-order chi connectivity index (χ0) is 20.0. The first-order chi connectivity index (χ1) is 14.0. The predicted molar refractivity (Wildman–Crippen MR) is 109 cm³/mol. The van der Waals surface area contributed by atoms with Crippen LogP contribution in [-0.2, 0) is 4.79 Å². The highest BCUT2D eigenvalue weighted by atomic mass is 16.4. The van der Waals surface area contributed by atoms with Gasteiger partial charge in [-0.1, -0.05) is 32.0 Å². The van der Waals surface area contributed by atoms with Gasteiger partial charge < -0.3 is 4.42 Å². The van der Waals surface area contributed by atoms with Gasteiger partial charge in [-0.25, -0.2) is 5.32 Å². The van der Waals surface area contributed by atoms with Crippen LogP contribution >= 0.6 is 0 Å². The van der Waals surface area contributed by atoms with Crippen LogP contribution in [0, 0.1) is 5.41 Å². The number of para-hydroxylation sites is 2. The minimum Gasteiger partial charge on any atom is -0.412 e. The van der Waals surface area contributed by atoms with Gasteiger partial charge in [0.15, 0.2) is 11.4 Å². The molecule has 0 spiro atoms. The lowest BCUT2D eigenvalue weighted by molar-refractivity contribution is -0.502. The maximum Gasteiger partial charge on any atom is 0.365 e. The van der Waals surface area contributed by atoms with Gasteiger partial charge in [0, 0.05) is 19.0 Å². The number of oxazole rings is 1. The van der Waals surface area contributed by atoms with Gasteiger partial charge in [0.25, 0.3) is 0 Å². The third-order valence-corrected chi connectivity index (χ3v) is 5.28. The number of allylic oxidation sites excluding steroid dienone is 1. The third-order valence-electron chi connectivity index (χ3n) is 5.28. The van der Waals surface area contributed by atoms with Crippen LogP contribution in [0.25, 0.3) is 11.1 Å². The zero-order valence-electron chi connectivity index (χ0n) is 16.3. The van der Waals surface area contributed by atoms with E-state index >= 15 is 0 Å². The Kier molecular flexibility index (Phi) is 3.97. The van der Waals surface area contributed by atoms with Crippen molar-refractivity contribution < 1.29 is 14.2 Å². The number of carbonyl (C=O) groups excluding carboxylic acids is 1. The van der Waals surface area contributed by atoms with Gasteiger partial charge in [-0.3, -0.25) is 14.8 Å². The number of guanidine groups is 1. The summed E-state index contributed by atoms with van der Waals surface area (Å²) in [6.45, 7) is 4.23. The molecule has 0 unspecified atom stereocenters. The van der Waals surface area contributed by atoms with Crippen LogP contribution in [0.5, 0.6) is 0 Å². The number of ketones is 1. The largest absolute Gasteiger partial charge is 0.412 e. The lowest BCUT2D eigenvalue weighted by Crippen LogP contribution is -2.82. The zero-order valence-corrected chi connectivity index (χ0v) is 16.3. The summed E-state index contributed by atoms with van der Waals surface area (Å²) in [6.07, 6.45) is 3.04. The molecule has 0 saturated carbocycles. The first-order valence-corrected chi connectivity index (χ1v) is 9.69. The number of carbonyl (C=O) groups is 1. The molecule has 5 rings (SSSR count). The maximum atomic E-state index is 13.0. The Morgan fingerprint density at radius 3 is 2.79 bits per heavy atom. The van der Waals surface area contributed by atoms with E-state index in [-0.39, 0.29) is 17.2 Å². The Labute approximate surface area is 168 Å². The molecule has 7 nitrogen and oxygen atoms in total. The van der Waals surface area contributed by atoms with Gasteiger partial charge in [-0.2, -0.15) is 10.3 Å². The molecule has 0 amide bonds. The predicted octanol–water partition coefficient (Wildman–Crippen LogP) is 2.06. The number of benzene rings is 1. The topological polar surface area (TPSA) is 94.0 Å². The van der Waals surface area contributed by atoms with Crippen molar-refractivity contribution in [3.8, 4) is 0 Å². The van der Waals surface area contributed by atoms with Crippen LogP contribution in [-0.4, -0.2) is 21.7 Å². The molecule has 146 valence electrons. The molecular weight excluding hydrogens is 366 g/mol. The molecule has 3 aromatic rings. The van der Waals surface area contributed by atoms with Crippen molar-refractivity contribution in [3.63, 3.8) is 0 Å². The van der Waals surface area contributed by atoms with Crippen LogP contribution in [0.3, 0.4) is 0 Å². The number of rotatable bonds is 2. The number of hydrogen-bond acceptors (Lipinski definition) is 6. The standard InChI is InChI=1S/C22H21N5O2/c1-22(2)11-15-18(16(28)12-22)19(14-8-5-6-10-23-14)26-20(24-15)27-21-25-13-7-3-4-9-17(13)29-21/h3-10,19H,11-12H2,1-2H3,(H2,24,25,26,27)/p+1/t19-/m1/s1. The molecule has 0 radical (unpaired) electrons. The van der Waals surface area contributed by atoms with Crippen LogP contribution in [0.15, 0.2) is 64.3 Å². The van der Waals surface area contributed by atoms with Gasteiger partial charge in [0.2, 0.25) is 0 Å². The summed E-state index contributed by atoms with van der Waals surface area (Å²) in [5, 5.41) is 6.55. The quantitative estimate of drug-likeness (QED) is 0.622. The van der Waals surface area contributed by atoms with Crippen molar-refractivity contribution in [1.82, 2.24) is 15.3 Å². The second-order valence-electron chi connectivity index (χ2n) is 8.28. The molecule has 0 bridgehead atoms. The van der Waals surface area contributed by atoms with E-state index in [2.05, 4.69) is 39.4 Å². The number of aromatic nitrogens is 2. The number of anilines is 1. The smallest absolute Gasteiger partial charge is 0.365 e. The summed E-state index contributed by atoms with van der Waals surface area (Å²) in [7, 11) is 0. The number of nitrogens with one attached hydrogen (secondary N) is 3.